The van der Waals surface area contributed by atoms with Crippen molar-refractivity contribution < 1.29 is 9.53 Å². The molecular formula is C18H23ClN4O2. The molecule has 0 radical (unpaired) electrons. The minimum absolute atomic E-state index is 0.275. The number of fused-ring (bicyclic) bond motifs is 1. The van der Waals surface area contributed by atoms with Crippen molar-refractivity contribution in [1.29, 1.82) is 0 Å². The molecule has 0 unspecified atom stereocenters. The van der Waals surface area contributed by atoms with E-state index in [1.165, 1.54) is 0 Å². The second-order valence-electron chi connectivity index (χ2n) is 6.44. The normalized spacial score (nSPS) is 11.7. The van der Waals surface area contributed by atoms with Crippen LogP contribution in [0.3, 0.4) is 0 Å². The number of anilines is 2. The molecule has 0 aliphatic rings. The first-order chi connectivity index (χ1) is 11.8. The maximum Gasteiger partial charge on any atom is 0.407 e. The smallest absolute Gasteiger partial charge is 0.407 e. The van der Waals surface area contributed by atoms with E-state index in [4.69, 9.17) is 22.1 Å². The van der Waals surface area contributed by atoms with Gasteiger partial charge in [-0.05, 0) is 26.8 Å². The third kappa shape index (κ3) is 5.53. The van der Waals surface area contributed by atoms with Crippen molar-refractivity contribution in [2.45, 2.75) is 26.4 Å². The van der Waals surface area contributed by atoms with Crippen LogP contribution in [0.4, 0.5) is 16.2 Å². The van der Waals surface area contributed by atoms with Crippen LogP contribution in [0.15, 0.2) is 36.4 Å². The molecule has 1 amide bonds. The summed E-state index contributed by atoms with van der Waals surface area (Å²) in [7, 11) is 0. The van der Waals surface area contributed by atoms with Crippen molar-refractivity contribution in [1.82, 2.24) is 10.3 Å². The standard InChI is InChI=1S/C18H23ClN4O2/c1-18(2,3)25-17(24)22-11-7-6-10-21-15-12-8-4-5-9-13(12)23-16(19)14(15)20/h4-9H,10-11,20H2,1-3H3,(H,21,23)(H,22,24)/b7-6+. The van der Waals surface area contributed by atoms with Crippen molar-refractivity contribution >= 4 is 40.0 Å². The number of aromatic nitrogens is 1. The molecule has 25 heavy (non-hydrogen) atoms. The Morgan fingerprint density at radius 3 is 2.68 bits per heavy atom. The zero-order valence-electron chi connectivity index (χ0n) is 14.6. The van der Waals surface area contributed by atoms with Gasteiger partial charge in [-0.3, -0.25) is 0 Å². The van der Waals surface area contributed by atoms with Gasteiger partial charge in [-0.15, -0.1) is 0 Å². The van der Waals surface area contributed by atoms with Gasteiger partial charge in [-0.25, -0.2) is 9.78 Å². The molecule has 2 aromatic rings. The van der Waals surface area contributed by atoms with Crippen molar-refractivity contribution in [3.05, 3.63) is 41.6 Å². The Morgan fingerprint density at radius 1 is 1.28 bits per heavy atom. The summed E-state index contributed by atoms with van der Waals surface area (Å²) in [6.45, 7) is 6.37. The molecule has 0 bridgehead atoms. The first kappa shape index (κ1) is 18.9. The van der Waals surface area contributed by atoms with Gasteiger partial charge in [0.15, 0.2) is 5.15 Å². The van der Waals surface area contributed by atoms with Gasteiger partial charge in [0.2, 0.25) is 0 Å². The van der Waals surface area contributed by atoms with Gasteiger partial charge in [-0.2, -0.15) is 0 Å². The van der Waals surface area contributed by atoms with Crippen LogP contribution in [0.5, 0.6) is 0 Å². The number of halogens is 1. The van der Waals surface area contributed by atoms with Crippen LogP contribution in [-0.2, 0) is 4.74 Å². The lowest BCUT2D eigenvalue weighted by Crippen LogP contribution is -2.32. The fraction of sp³-hybridized carbons (Fsp3) is 0.333. The lowest BCUT2D eigenvalue weighted by Gasteiger charge is -2.19. The number of ether oxygens (including phenoxy) is 1. The number of nitrogens with zero attached hydrogens (tertiary/aromatic N) is 1. The van der Waals surface area contributed by atoms with E-state index in [0.717, 1.165) is 16.6 Å². The number of nitrogens with two attached hydrogens (primary N) is 1. The highest BCUT2D eigenvalue weighted by Crippen LogP contribution is 2.32. The number of carbonyl (C=O) groups is 1. The number of rotatable bonds is 5. The van der Waals surface area contributed by atoms with Crippen LogP contribution >= 0.6 is 11.6 Å². The molecule has 6 nitrogen and oxygen atoms in total. The molecule has 0 spiro atoms. The third-order valence-electron chi connectivity index (χ3n) is 3.21. The van der Waals surface area contributed by atoms with E-state index in [2.05, 4.69) is 15.6 Å². The lowest BCUT2D eigenvalue weighted by atomic mass is 10.1. The molecule has 0 atom stereocenters. The van der Waals surface area contributed by atoms with Crippen molar-refractivity contribution in [2.75, 3.05) is 24.1 Å². The topological polar surface area (TPSA) is 89.3 Å². The first-order valence-electron chi connectivity index (χ1n) is 7.97. The SMILES string of the molecule is CC(C)(C)OC(=O)NC/C=C/CNc1c(N)c(Cl)nc2ccccc12. The molecule has 0 fully saturated rings. The second-order valence-corrected chi connectivity index (χ2v) is 6.80. The largest absolute Gasteiger partial charge is 0.444 e. The number of alkyl carbamates (subject to hydrolysis) is 1. The fourth-order valence-electron chi connectivity index (χ4n) is 2.17. The van der Waals surface area contributed by atoms with Crippen LogP contribution in [0.25, 0.3) is 10.9 Å². The van der Waals surface area contributed by atoms with Gasteiger partial charge in [0, 0.05) is 18.5 Å². The predicted octanol–water partition coefficient (Wildman–Crippen LogP) is 3.96. The fourth-order valence-corrected chi connectivity index (χ4v) is 2.36. The summed E-state index contributed by atoms with van der Waals surface area (Å²) in [6, 6.07) is 7.63. The number of amides is 1. The Bertz CT molecular complexity index is 784. The number of hydrogen-bond donors (Lipinski definition) is 3. The molecule has 134 valence electrons. The van der Waals surface area contributed by atoms with Crippen LogP contribution in [0.2, 0.25) is 5.15 Å². The maximum absolute atomic E-state index is 11.5. The lowest BCUT2D eigenvalue weighted by molar-refractivity contribution is 0.0534. The number of nitrogen functional groups attached to an aromatic ring is 1. The van der Waals surface area contributed by atoms with Gasteiger partial charge in [0.05, 0.1) is 16.9 Å². The zero-order valence-corrected chi connectivity index (χ0v) is 15.4. The third-order valence-corrected chi connectivity index (χ3v) is 3.50. The van der Waals surface area contributed by atoms with E-state index in [0.29, 0.717) is 18.8 Å². The minimum atomic E-state index is -0.505. The van der Waals surface area contributed by atoms with Gasteiger partial charge < -0.3 is 21.1 Å². The Kier molecular flexibility index (Phi) is 6.09. The van der Waals surface area contributed by atoms with Gasteiger partial charge >= 0.3 is 6.09 Å². The number of para-hydroxylation sites is 1. The molecule has 1 heterocycles. The minimum Gasteiger partial charge on any atom is -0.444 e. The summed E-state index contributed by atoms with van der Waals surface area (Å²) in [4.78, 5) is 15.8. The Labute approximate surface area is 152 Å². The maximum atomic E-state index is 11.5. The molecule has 0 saturated carbocycles. The van der Waals surface area contributed by atoms with E-state index in [1.54, 1.807) is 0 Å². The number of carbonyl (C=O) groups excluding carboxylic acids is 1. The predicted molar refractivity (Wildman–Crippen MR) is 103 cm³/mol. The van der Waals surface area contributed by atoms with Gasteiger partial charge in [0.25, 0.3) is 0 Å². The summed E-state index contributed by atoms with van der Waals surface area (Å²) in [5, 5.41) is 7.08. The van der Waals surface area contributed by atoms with Gasteiger partial charge in [0.1, 0.15) is 5.60 Å². The Hall–Kier alpha value is -2.47. The molecule has 4 N–H and O–H groups in total. The molecule has 1 aromatic carbocycles. The van der Waals surface area contributed by atoms with Crippen LogP contribution < -0.4 is 16.4 Å². The average Bonchev–Trinajstić information content (AvgIpc) is 2.52. The summed E-state index contributed by atoms with van der Waals surface area (Å²) in [6.07, 6.45) is 3.28. The highest BCUT2D eigenvalue weighted by atomic mass is 35.5. The molecule has 7 heteroatoms. The van der Waals surface area contributed by atoms with E-state index in [9.17, 15) is 4.79 Å². The molecule has 1 aromatic heterocycles. The number of pyridine rings is 1. The summed E-state index contributed by atoms with van der Waals surface area (Å²) < 4.78 is 5.15. The zero-order chi connectivity index (χ0) is 18.4. The van der Waals surface area contributed by atoms with Crippen LogP contribution in [0.1, 0.15) is 20.8 Å². The summed E-state index contributed by atoms with van der Waals surface area (Å²) >= 11 is 6.09. The Balaban J connectivity index is 1.91. The highest BCUT2D eigenvalue weighted by Gasteiger charge is 2.15. The highest BCUT2D eigenvalue weighted by molar-refractivity contribution is 6.33. The number of hydrogen-bond acceptors (Lipinski definition) is 5. The molecule has 0 aliphatic heterocycles. The Morgan fingerprint density at radius 2 is 1.96 bits per heavy atom. The van der Waals surface area contributed by atoms with Crippen molar-refractivity contribution in [3.8, 4) is 0 Å². The molecule has 2 rings (SSSR count). The van der Waals surface area contributed by atoms with E-state index in [-0.39, 0.29) is 5.15 Å². The summed E-state index contributed by atoms with van der Waals surface area (Å²) in [5.74, 6) is 0. The van der Waals surface area contributed by atoms with Crippen molar-refractivity contribution in [2.24, 2.45) is 0 Å². The molecule has 0 saturated heterocycles. The quantitative estimate of drug-likeness (QED) is 0.553. The number of benzene rings is 1. The molecular weight excluding hydrogens is 340 g/mol. The monoisotopic (exact) mass is 362 g/mol. The van der Waals surface area contributed by atoms with Crippen LogP contribution in [0, 0.1) is 0 Å². The van der Waals surface area contributed by atoms with E-state index in [1.807, 2.05) is 57.2 Å². The number of nitrogens with one attached hydrogen (secondary N) is 2. The first-order valence-corrected chi connectivity index (χ1v) is 8.35. The van der Waals surface area contributed by atoms with E-state index >= 15 is 0 Å². The molecule has 0 aliphatic carbocycles. The van der Waals surface area contributed by atoms with Gasteiger partial charge in [-0.1, -0.05) is 42.0 Å². The summed E-state index contributed by atoms with van der Waals surface area (Å²) in [5.41, 5.74) is 7.47. The van der Waals surface area contributed by atoms with E-state index < -0.39 is 11.7 Å². The average molecular weight is 363 g/mol. The van der Waals surface area contributed by atoms with Crippen molar-refractivity contribution in [3.63, 3.8) is 0 Å². The second kappa shape index (κ2) is 8.07. The van der Waals surface area contributed by atoms with Crippen LogP contribution in [-0.4, -0.2) is 29.8 Å².